The molecule has 0 heterocycles. The molecule has 1 aliphatic carbocycles. The number of guanidine groups is 1. The van der Waals surface area contributed by atoms with E-state index < -0.39 is 0 Å². The predicted molar refractivity (Wildman–Crippen MR) is 103 cm³/mol. The molecule has 1 saturated carbocycles. The van der Waals surface area contributed by atoms with E-state index in [1.54, 1.807) is 21.3 Å². The number of rotatable bonds is 9. The minimum absolute atomic E-state index is 0.0237. The Bertz CT molecular complexity index is 629. The lowest BCUT2D eigenvalue weighted by Crippen LogP contribution is -2.39. The second-order valence-electron chi connectivity index (χ2n) is 6.42. The van der Waals surface area contributed by atoms with Crippen molar-refractivity contribution in [3.8, 4) is 11.5 Å². The van der Waals surface area contributed by atoms with E-state index in [0.717, 1.165) is 36.3 Å². The fourth-order valence-corrected chi connectivity index (χ4v) is 2.64. The van der Waals surface area contributed by atoms with E-state index in [9.17, 15) is 4.79 Å². The highest BCUT2D eigenvalue weighted by Crippen LogP contribution is 2.29. The fourth-order valence-electron chi connectivity index (χ4n) is 2.64. The van der Waals surface area contributed by atoms with Crippen molar-refractivity contribution in [2.75, 3.05) is 27.8 Å². The molecule has 1 fully saturated rings. The van der Waals surface area contributed by atoms with Gasteiger partial charge >= 0.3 is 0 Å². The highest BCUT2D eigenvalue weighted by Gasteiger charge is 2.22. The van der Waals surface area contributed by atoms with Crippen LogP contribution in [0.5, 0.6) is 11.5 Å². The number of nitrogens with one attached hydrogen (secondary N) is 3. The Morgan fingerprint density at radius 2 is 2.08 bits per heavy atom. The van der Waals surface area contributed by atoms with E-state index in [-0.39, 0.29) is 11.9 Å². The van der Waals surface area contributed by atoms with Crippen molar-refractivity contribution >= 4 is 11.9 Å². The highest BCUT2D eigenvalue weighted by molar-refractivity contribution is 5.80. The summed E-state index contributed by atoms with van der Waals surface area (Å²) in [5, 5.41) is 9.58. The van der Waals surface area contributed by atoms with Crippen molar-refractivity contribution in [3.05, 3.63) is 23.8 Å². The van der Waals surface area contributed by atoms with E-state index in [1.165, 1.54) is 0 Å². The molecule has 7 heteroatoms. The molecule has 0 radical (unpaired) electrons. The first-order valence-electron chi connectivity index (χ1n) is 9.05. The normalized spacial score (nSPS) is 15.2. The van der Waals surface area contributed by atoms with E-state index in [0.29, 0.717) is 25.0 Å². The third-order valence-electron chi connectivity index (χ3n) is 4.30. The summed E-state index contributed by atoms with van der Waals surface area (Å²) in [4.78, 5) is 15.9. The Morgan fingerprint density at radius 1 is 1.31 bits per heavy atom. The van der Waals surface area contributed by atoms with E-state index in [1.807, 2.05) is 25.1 Å². The summed E-state index contributed by atoms with van der Waals surface area (Å²) in [6.45, 7) is 2.72. The number of ether oxygens (including phenoxy) is 2. The molecule has 1 aromatic carbocycles. The van der Waals surface area contributed by atoms with Crippen molar-refractivity contribution in [1.29, 1.82) is 0 Å². The third-order valence-corrected chi connectivity index (χ3v) is 4.30. The van der Waals surface area contributed by atoms with Gasteiger partial charge in [-0.3, -0.25) is 9.79 Å². The predicted octanol–water partition coefficient (Wildman–Crippen LogP) is 1.99. The first-order chi connectivity index (χ1) is 12.6. The molecule has 144 valence electrons. The maximum atomic E-state index is 11.7. The van der Waals surface area contributed by atoms with Crippen molar-refractivity contribution < 1.29 is 14.3 Å². The second-order valence-corrected chi connectivity index (χ2v) is 6.42. The zero-order chi connectivity index (χ0) is 18.9. The quantitative estimate of drug-likeness (QED) is 0.355. The van der Waals surface area contributed by atoms with Crippen LogP contribution in [-0.2, 0) is 4.79 Å². The summed E-state index contributed by atoms with van der Waals surface area (Å²) >= 11 is 0. The highest BCUT2D eigenvalue weighted by atomic mass is 16.5. The Labute approximate surface area is 155 Å². The molecule has 0 bridgehead atoms. The molecular weight excluding hydrogens is 332 g/mol. The Morgan fingerprint density at radius 3 is 2.69 bits per heavy atom. The number of carbonyl (C=O) groups is 1. The number of amides is 1. The van der Waals surface area contributed by atoms with Gasteiger partial charge in [-0.15, -0.1) is 0 Å². The van der Waals surface area contributed by atoms with Crippen LogP contribution in [0.4, 0.5) is 0 Å². The zero-order valence-corrected chi connectivity index (χ0v) is 16.1. The number of methoxy groups -OCH3 is 2. The van der Waals surface area contributed by atoms with Gasteiger partial charge in [-0.25, -0.2) is 0 Å². The average Bonchev–Trinajstić information content (AvgIpc) is 3.47. The fraction of sp³-hybridized carbons (Fsp3) is 0.579. The third kappa shape index (κ3) is 6.13. The standard InChI is InChI=1S/C19H30N4O3/c1-13(16-12-15(25-3)9-10-17(16)26-4)22-19(20-2)21-11-5-6-18(24)23-14-7-8-14/h9-10,12-14H,5-8,11H2,1-4H3,(H,23,24)(H2,20,21,22). The maximum absolute atomic E-state index is 11.7. The smallest absolute Gasteiger partial charge is 0.220 e. The van der Waals surface area contributed by atoms with Gasteiger partial charge in [0, 0.05) is 31.6 Å². The van der Waals surface area contributed by atoms with Crippen LogP contribution in [0.2, 0.25) is 0 Å². The molecule has 1 amide bonds. The molecule has 0 saturated heterocycles. The molecule has 1 aliphatic rings. The van der Waals surface area contributed by atoms with E-state index in [2.05, 4.69) is 20.9 Å². The SMILES string of the molecule is CN=C(NCCCC(=O)NC1CC1)NC(C)c1cc(OC)ccc1OC. The summed E-state index contributed by atoms with van der Waals surface area (Å²) in [6, 6.07) is 6.11. The second kappa shape index (κ2) is 9.89. The average molecular weight is 362 g/mol. The van der Waals surface area contributed by atoms with Gasteiger partial charge in [0.05, 0.1) is 20.3 Å². The lowest BCUT2D eigenvalue weighted by Gasteiger charge is -2.20. The molecule has 2 rings (SSSR count). The summed E-state index contributed by atoms with van der Waals surface area (Å²) in [7, 11) is 5.02. The van der Waals surface area contributed by atoms with E-state index in [4.69, 9.17) is 9.47 Å². The molecule has 1 atom stereocenters. The topological polar surface area (TPSA) is 84.0 Å². The zero-order valence-electron chi connectivity index (χ0n) is 16.1. The van der Waals surface area contributed by atoms with Gasteiger partial charge in [-0.05, 0) is 44.4 Å². The molecule has 0 aliphatic heterocycles. The van der Waals surface area contributed by atoms with Crippen LogP contribution in [0.15, 0.2) is 23.2 Å². The molecule has 1 unspecified atom stereocenters. The van der Waals surface area contributed by atoms with Crippen LogP contribution >= 0.6 is 0 Å². The Balaban J connectivity index is 1.81. The molecule has 0 spiro atoms. The first-order valence-corrected chi connectivity index (χ1v) is 9.05. The van der Waals surface area contributed by atoms with Crippen molar-refractivity contribution in [1.82, 2.24) is 16.0 Å². The largest absolute Gasteiger partial charge is 0.497 e. The number of aliphatic imine (C=N–C) groups is 1. The van der Waals surface area contributed by atoms with Crippen LogP contribution in [0, 0.1) is 0 Å². The van der Waals surface area contributed by atoms with Crippen molar-refractivity contribution in [2.45, 2.75) is 44.7 Å². The van der Waals surface area contributed by atoms with Crippen molar-refractivity contribution in [3.63, 3.8) is 0 Å². The number of hydrogen-bond donors (Lipinski definition) is 3. The van der Waals surface area contributed by atoms with E-state index >= 15 is 0 Å². The number of carbonyl (C=O) groups excluding carboxylic acids is 1. The van der Waals surface area contributed by atoms with Gasteiger partial charge in [-0.1, -0.05) is 0 Å². The molecule has 1 aromatic rings. The number of benzene rings is 1. The monoisotopic (exact) mass is 362 g/mol. The molecular formula is C19H30N4O3. The van der Waals surface area contributed by atoms with Gasteiger partial charge in [0.1, 0.15) is 11.5 Å². The molecule has 0 aromatic heterocycles. The van der Waals surface area contributed by atoms with Gasteiger partial charge in [0.15, 0.2) is 5.96 Å². The number of nitrogens with zero attached hydrogens (tertiary/aromatic N) is 1. The van der Waals surface area contributed by atoms with Crippen LogP contribution in [0.25, 0.3) is 0 Å². The minimum Gasteiger partial charge on any atom is -0.497 e. The van der Waals surface area contributed by atoms with Gasteiger partial charge < -0.3 is 25.4 Å². The lowest BCUT2D eigenvalue weighted by molar-refractivity contribution is -0.121. The number of hydrogen-bond acceptors (Lipinski definition) is 4. The van der Waals surface area contributed by atoms with Crippen LogP contribution in [-0.4, -0.2) is 45.7 Å². The van der Waals surface area contributed by atoms with Crippen LogP contribution in [0.1, 0.15) is 44.2 Å². The summed E-state index contributed by atoms with van der Waals surface area (Å²) in [5.74, 6) is 2.38. The Hall–Kier alpha value is -2.44. The summed E-state index contributed by atoms with van der Waals surface area (Å²) in [5.41, 5.74) is 0.985. The summed E-state index contributed by atoms with van der Waals surface area (Å²) in [6.07, 6.45) is 3.52. The van der Waals surface area contributed by atoms with Crippen LogP contribution in [0.3, 0.4) is 0 Å². The Kier molecular flexibility index (Phi) is 7.56. The lowest BCUT2D eigenvalue weighted by atomic mass is 10.1. The first kappa shape index (κ1) is 19.9. The van der Waals surface area contributed by atoms with Crippen molar-refractivity contribution in [2.24, 2.45) is 4.99 Å². The maximum Gasteiger partial charge on any atom is 0.220 e. The molecule has 3 N–H and O–H groups in total. The molecule has 26 heavy (non-hydrogen) atoms. The van der Waals surface area contributed by atoms with Gasteiger partial charge in [0.2, 0.25) is 5.91 Å². The molecule has 7 nitrogen and oxygen atoms in total. The summed E-state index contributed by atoms with van der Waals surface area (Å²) < 4.78 is 10.7. The van der Waals surface area contributed by atoms with Gasteiger partial charge in [-0.2, -0.15) is 0 Å². The van der Waals surface area contributed by atoms with Crippen LogP contribution < -0.4 is 25.4 Å². The van der Waals surface area contributed by atoms with Gasteiger partial charge in [0.25, 0.3) is 0 Å². The minimum atomic E-state index is -0.0237.